The normalized spacial score (nSPS) is 29.4. The van der Waals surface area contributed by atoms with Crippen LogP contribution in [0, 0.1) is 5.41 Å². The molecule has 1 aliphatic rings. The minimum Gasteiger partial charge on any atom is -0.317 e. The van der Waals surface area contributed by atoms with E-state index in [9.17, 15) is 0 Å². The maximum Gasteiger partial charge on any atom is 0.00644 e. The van der Waals surface area contributed by atoms with E-state index in [-0.39, 0.29) is 0 Å². The molecule has 0 heterocycles. The molecule has 0 amide bonds. The largest absolute Gasteiger partial charge is 0.317 e. The molecule has 1 N–H and O–H groups in total. The summed E-state index contributed by atoms with van der Waals surface area (Å²) in [6, 6.07) is 0.801. The van der Waals surface area contributed by atoms with E-state index in [4.69, 9.17) is 0 Å². The van der Waals surface area contributed by atoms with E-state index in [1.165, 1.54) is 32.1 Å². The van der Waals surface area contributed by atoms with Gasteiger partial charge in [0, 0.05) is 6.04 Å². The van der Waals surface area contributed by atoms with Gasteiger partial charge in [-0.2, -0.15) is 0 Å². The summed E-state index contributed by atoms with van der Waals surface area (Å²) in [6.07, 6.45) is 6.93. The molecule has 0 radical (unpaired) electrons. The van der Waals surface area contributed by atoms with E-state index in [0.717, 1.165) is 6.04 Å². The third-order valence-corrected chi connectivity index (χ3v) is 3.45. The van der Waals surface area contributed by atoms with E-state index < -0.39 is 0 Å². The first-order valence-electron chi connectivity index (χ1n) is 6.87. The summed E-state index contributed by atoms with van der Waals surface area (Å²) < 4.78 is 0. The molecular weight excluding hydrogens is 182 g/mol. The SMILES string of the molecule is CC.CC.CCC1(C)CCC(NC)CC1. The average Bonchev–Trinajstić information content (AvgIpc) is 2.35. The second-order valence-corrected chi connectivity index (χ2v) is 4.23. The van der Waals surface area contributed by atoms with Crippen LogP contribution in [0.25, 0.3) is 0 Å². The van der Waals surface area contributed by atoms with Crippen molar-refractivity contribution in [3.05, 3.63) is 0 Å². The van der Waals surface area contributed by atoms with Crippen molar-refractivity contribution in [2.24, 2.45) is 5.41 Å². The van der Waals surface area contributed by atoms with Crippen LogP contribution in [-0.2, 0) is 0 Å². The van der Waals surface area contributed by atoms with E-state index in [1.54, 1.807) is 0 Å². The molecule has 0 aromatic rings. The van der Waals surface area contributed by atoms with E-state index >= 15 is 0 Å². The molecule has 1 rings (SSSR count). The molecule has 1 aliphatic carbocycles. The number of hydrogen-bond donors (Lipinski definition) is 1. The van der Waals surface area contributed by atoms with Gasteiger partial charge in [-0.25, -0.2) is 0 Å². The Kier molecular flexibility index (Phi) is 12.1. The molecule has 0 saturated heterocycles. The first kappa shape index (κ1) is 17.4. The van der Waals surface area contributed by atoms with Crippen LogP contribution in [0.15, 0.2) is 0 Å². The number of nitrogens with one attached hydrogen (secondary N) is 1. The van der Waals surface area contributed by atoms with Crippen molar-refractivity contribution in [2.45, 2.75) is 79.7 Å². The van der Waals surface area contributed by atoms with Gasteiger partial charge in [0.15, 0.2) is 0 Å². The highest BCUT2D eigenvalue weighted by Gasteiger charge is 2.28. The van der Waals surface area contributed by atoms with E-state index in [2.05, 4.69) is 26.2 Å². The zero-order valence-electron chi connectivity index (χ0n) is 12.1. The van der Waals surface area contributed by atoms with Gasteiger partial charge in [-0.05, 0) is 38.1 Å². The van der Waals surface area contributed by atoms with E-state index in [0.29, 0.717) is 5.41 Å². The predicted octanol–water partition coefficient (Wildman–Crippen LogP) is 4.62. The van der Waals surface area contributed by atoms with Crippen molar-refractivity contribution in [3.63, 3.8) is 0 Å². The fourth-order valence-corrected chi connectivity index (χ4v) is 1.96. The fourth-order valence-electron chi connectivity index (χ4n) is 1.96. The summed E-state index contributed by atoms with van der Waals surface area (Å²) in [5, 5.41) is 3.37. The molecule has 0 aromatic carbocycles. The number of hydrogen-bond acceptors (Lipinski definition) is 1. The van der Waals surface area contributed by atoms with Crippen LogP contribution in [0.4, 0.5) is 0 Å². The Morgan fingerprint density at radius 1 is 1.07 bits per heavy atom. The van der Waals surface area contributed by atoms with Gasteiger partial charge in [-0.3, -0.25) is 0 Å². The lowest BCUT2D eigenvalue weighted by Crippen LogP contribution is -2.34. The van der Waals surface area contributed by atoms with Crippen molar-refractivity contribution < 1.29 is 0 Å². The van der Waals surface area contributed by atoms with Gasteiger partial charge in [-0.1, -0.05) is 48.0 Å². The first-order valence-corrected chi connectivity index (χ1v) is 6.87. The van der Waals surface area contributed by atoms with Crippen molar-refractivity contribution in [1.82, 2.24) is 5.32 Å². The Labute approximate surface area is 98.0 Å². The topological polar surface area (TPSA) is 12.0 Å². The van der Waals surface area contributed by atoms with Gasteiger partial charge < -0.3 is 5.32 Å². The average molecular weight is 215 g/mol. The molecule has 0 aliphatic heterocycles. The second-order valence-electron chi connectivity index (χ2n) is 4.23. The van der Waals surface area contributed by atoms with Crippen molar-refractivity contribution in [3.8, 4) is 0 Å². The van der Waals surface area contributed by atoms with Crippen LogP contribution in [-0.4, -0.2) is 13.1 Å². The Balaban J connectivity index is 0. The molecular formula is C14H33N. The Morgan fingerprint density at radius 2 is 1.47 bits per heavy atom. The molecule has 15 heavy (non-hydrogen) atoms. The molecule has 94 valence electrons. The van der Waals surface area contributed by atoms with Gasteiger partial charge >= 0.3 is 0 Å². The molecule has 0 aromatic heterocycles. The van der Waals surface area contributed by atoms with Crippen LogP contribution in [0.2, 0.25) is 0 Å². The highest BCUT2D eigenvalue weighted by atomic mass is 14.9. The van der Waals surface area contributed by atoms with Gasteiger partial charge in [-0.15, -0.1) is 0 Å². The predicted molar refractivity (Wildman–Crippen MR) is 72.4 cm³/mol. The standard InChI is InChI=1S/C10H21N.2C2H6/c1-4-10(2)7-5-9(11-3)6-8-10;2*1-2/h9,11H,4-8H2,1-3H3;2*1-2H3. The van der Waals surface area contributed by atoms with Crippen LogP contribution < -0.4 is 5.32 Å². The smallest absolute Gasteiger partial charge is 0.00644 e. The monoisotopic (exact) mass is 215 g/mol. The molecule has 1 heteroatoms. The minimum absolute atomic E-state index is 0.660. The highest BCUT2D eigenvalue weighted by Crippen LogP contribution is 2.38. The lowest BCUT2D eigenvalue weighted by atomic mass is 9.72. The van der Waals surface area contributed by atoms with Gasteiger partial charge in [0.25, 0.3) is 0 Å². The van der Waals surface area contributed by atoms with Gasteiger partial charge in [0.1, 0.15) is 0 Å². The fraction of sp³-hybridized carbons (Fsp3) is 1.00. The number of rotatable bonds is 2. The summed E-state index contributed by atoms with van der Waals surface area (Å²) in [7, 11) is 2.08. The summed E-state index contributed by atoms with van der Waals surface area (Å²) in [5.74, 6) is 0. The summed E-state index contributed by atoms with van der Waals surface area (Å²) in [5.41, 5.74) is 0.660. The quantitative estimate of drug-likeness (QED) is 0.709. The third kappa shape index (κ3) is 6.94. The maximum absolute atomic E-state index is 3.37. The van der Waals surface area contributed by atoms with Crippen LogP contribution in [0.1, 0.15) is 73.6 Å². The first-order chi connectivity index (χ1) is 7.20. The van der Waals surface area contributed by atoms with Gasteiger partial charge in [0.2, 0.25) is 0 Å². The van der Waals surface area contributed by atoms with Crippen molar-refractivity contribution in [2.75, 3.05) is 7.05 Å². The molecule has 1 nitrogen and oxygen atoms in total. The molecule has 1 saturated carbocycles. The summed E-state index contributed by atoms with van der Waals surface area (Å²) >= 11 is 0. The van der Waals surface area contributed by atoms with Crippen molar-refractivity contribution >= 4 is 0 Å². The maximum atomic E-state index is 3.37. The lowest BCUT2D eigenvalue weighted by molar-refractivity contribution is 0.181. The molecule has 0 spiro atoms. The molecule has 0 unspecified atom stereocenters. The molecule has 1 fully saturated rings. The Morgan fingerprint density at radius 3 is 1.73 bits per heavy atom. The second kappa shape index (κ2) is 10.5. The highest BCUT2D eigenvalue weighted by molar-refractivity contribution is 4.83. The van der Waals surface area contributed by atoms with Crippen molar-refractivity contribution in [1.29, 1.82) is 0 Å². The Hall–Kier alpha value is -0.0400. The van der Waals surface area contributed by atoms with Gasteiger partial charge in [0.05, 0.1) is 0 Å². The Bertz CT molecular complexity index is 113. The zero-order chi connectivity index (χ0) is 12.3. The van der Waals surface area contributed by atoms with Crippen LogP contribution >= 0.6 is 0 Å². The summed E-state index contributed by atoms with van der Waals surface area (Å²) in [6.45, 7) is 12.7. The minimum atomic E-state index is 0.660. The third-order valence-electron chi connectivity index (χ3n) is 3.45. The molecule has 0 atom stereocenters. The summed E-state index contributed by atoms with van der Waals surface area (Å²) in [4.78, 5) is 0. The van der Waals surface area contributed by atoms with Crippen LogP contribution in [0.5, 0.6) is 0 Å². The van der Waals surface area contributed by atoms with Crippen LogP contribution in [0.3, 0.4) is 0 Å². The molecule has 0 bridgehead atoms. The van der Waals surface area contributed by atoms with E-state index in [1.807, 2.05) is 27.7 Å². The lowest BCUT2D eigenvalue weighted by Gasteiger charge is -2.36. The zero-order valence-corrected chi connectivity index (χ0v) is 12.1.